The third kappa shape index (κ3) is 1.22. The lowest BCUT2D eigenvalue weighted by molar-refractivity contribution is 0.619. The predicted octanol–water partition coefficient (Wildman–Crippen LogP) is 2.79. The van der Waals surface area contributed by atoms with Gasteiger partial charge in [-0.1, -0.05) is 23.7 Å². The first-order chi connectivity index (χ1) is 4.22. The van der Waals surface area contributed by atoms with E-state index in [4.69, 9.17) is 11.6 Å². The van der Waals surface area contributed by atoms with Crippen LogP contribution in [0.25, 0.3) is 0 Å². The minimum Gasteiger partial charge on any atom is -0.205 e. The van der Waals surface area contributed by atoms with Gasteiger partial charge in [0.15, 0.2) is 0 Å². The molecule has 0 amide bonds. The summed E-state index contributed by atoms with van der Waals surface area (Å²) in [5, 5.41) is 0.190. The van der Waals surface area contributed by atoms with Crippen LogP contribution in [-0.2, 0) is 0 Å². The molecule has 1 aromatic rings. The van der Waals surface area contributed by atoms with Crippen LogP contribution in [0.15, 0.2) is 18.2 Å². The smallest absolute Gasteiger partial charge is 0.144 e. The molecule has 0 aromatic heterocycles. The Morgan fingerprint density at radius 2 is 2.11 bits per heavy atom. The topological polar surface area (TPSA) is 0 Å². The summed E-state index contributed by atoms with van der Waals surface area (Å²) >= 11 is 5.44. The van der Waals surface area contributed by atoms with E-state index in [0.717, 1.165) is 0 Å². The van der Waals surface area contributed by atoms with Crippen molar-refractivity contribution in [1.82, 2.24) is 0 Å². The molecule has 48 valence electrons. The standard InChI is InChI=1S/C7H6ClF/c1-5-3-2-4-6(8)7(5)9/h2-4H,1H3. The van der Waals surface area contributed by atoms with Gasteiger partial charge in [-0.3, -0.25) is 0 Å². The van der Waals surface area contributed by atoms with Crippen molar-refractivity contribution in [2.24, 2.45) is 0 Å². The van der Waals surface area contributed by atoms with E-state index in [2.05, 4.69) is 0 Å². The van der Waals surface area contributed by atoms with Crippen LogP contribution in [0.2, 0.25) is 5.02 Å². The molecule has 0 radical (unpaired) electrons. The van der Waals surface area contributed by atoms with Crippen molar-refractivity contribution in [2.75, 3.05) is 0 Å². The van der Waals surface area contributed by atoms with Crippen LogP contribution in [0.5, 0.6) is 0 Å². The van der Waals surface area contributed by atoms with E-state index in [1.54, 1.807) is 19.1 Å². The van der Waals surface area contributed by atoms with Crippen molar-refractivity contribution in [3.63, 3.8) is 0 Å². The van der Waals surface area contributed by atoms with Crippen molar-refractivity contribution < 1.29 is 4.39 Å². The average Bonchev–Trinajstić information content (AvgIpc) is 1.83. The summed E-state index contributed by atoms with van der Waals surface area (Å²) in [4.78, 5) is 0. The largest absolute Gasteiger partial charge is 0.205 e. The summed E-state index contributed by atoms with van der Waals surface area (Å²) in [6.45, 7) is 1.68. The molecule has 1 rings (SSSR count). The minimum absolute atomic E-state index is 0.190. The van der Waals surface area contributed by atoms with E-state index in [-0.39, 0.29) is 10.8 Å². The molecule has 0 saturated heterocycles. The molecular formula is C7H6ClF. The second-order valence-corrected chi connectivity index (χ2v) is 2.28. The number of aryl methyl sites for hydroxylation is 1. The maximum atomic E-state index is 12.6. The summed E-state index contributed by atoms with van der Waals surface area (Å²) in [5.74, 6) is -0.320. The molecule has 9 heavy (non-hydrogen) atoms. The van der Waals surface area contributed by atoms with E-state index in [0.29, 0.717) is 5.56 Å². The Kier molecular flexibility index (Phi) is 1.72. The molecule has 0 unspecified atom stereocenters. The van der Waals surface area contributed by atoms with Gasteiger partial charge in [0.05, 0.1) is 5.02 Å². The molecule has 2 heteroatoms. The van der Waals surface area contributed by atoms with Crippen LogP contribution >= 0.6 is 11.6 Å². The van der Waals surface area contributed by atoms with E-state index in [1.165, 1.54) is 6.07 Å². The first kappa shape index (κ1) is 6.56. The van der Waals surface area contributed by atoms with E-state index >= 15 is 0 Å². The van der Waals surface area contributed by atoms with Crippen molar-refractivity contribution in [1.29, 1.82) is 0 Å². The Hall–Kier alpha value is -0.560. The number of hydrogen-bond acceptors (Lipinski definition) is 0. The summed E-state index contributed by atoms with van der Waals surface area (Å²) in [6.07, 6.45) is 0. The normalized spacial score (nSPS) is 9.67. The molecule has 0 atom stereocenters. The number of rotatable bonds is 0. The van der Waals surface area contributed by atoms with E-state index in [9.17, 15) is 4.39 Å². The van der Waals surface area contributed by atoms with E-state index < -0.39 is 0 Å². The minimum atomic E-state index is -0.320. The zero-order valence-electron chi connectivity index (χ0n) is 4.99. The Bertz CT molecular complexity index is 200. The molecule has 0 aliphatic rings. The zero-order chi connectivity index (χ0) is 6.85. The van der Waals surface area contributed by atoms with Crippen molar-refractivity contribution >= 4 is 11.6 Å². The SMILES string of the molecule is Cc1cccc(Cl)c1F. The van der Waals surface area contributed by atoms with Crippen molar-refractivity contribution in [3.8, 4) is 0 Å². The number of benzene rings is 1. The fourth-order valence-electron chi connectivity index (χ4n) is 0.612. The van der Waals surface area contributed by atoms with Gasteiger partial charge in [0.25, 0.3) is 0 Å². The van der Waals surface area contributed by atoms with Crippen molar-refractivity contribution in [3.05, 3.63) is 34.6 Å². The highest BCUT2D eigenvalue weighted by molar-refractivity contribution is 6.30. The van der Waals surface area contributed by atoms with E-state index in [1.807, 2.05) is 0 Å². The molecule has 0 aliphatic carbocycles. The second-order valence-electron chi connectivity index (χ2n) is 1.87. The molecule has 0 bridgehead atoms. The lowest BCUT2D eigenvalue weighted by Crippen LogP contribution is -1.80. The second kappa shape index (κ2) is 2.36. The van der Waals surface area contributed by atoms with Crippen LogP contribution in [0.1, 0.15) is 5.56 Å². The Labute approximate surface area is 58.3 Å². The maximum absolute atomic E-state index is 12.6. The van der Waals surface area contributed by atoms with Crippen molar-refractivity contribution in [2.45, 2.75) is 6.92 Å². The summed E-state index contributed by atoms with van der Waals surface area (Å²) in [5.41, 5.74) is 0.586. The first-order valence-corrected chi connectivity index (χ1v) is 3.00. The van der Waals surface area contributed by atoms with Gasteiger partial charge in [-0.25, -0.2) is 4.39 Å². The Morgan fingerprint density at radius 1 is 1.44 bits per heavy atom. The van der Waals surface area contributed by atoms with Crippen LogP contribution < -0.4 is 0 Å². The fraction of sp³-hybridized carbons (Fsp3) is 0.143. The molecule has 1 aromatic carbocycles. The quantitative estimate of drug-likeness (QED) is 0.525. The maximum Gasteiger partial charge on any atom is 0.144 e. The molecule has 0 nitrogen and oxygen atoms in total. The number of hydrogen-bond donors (Lipinski definition) is 0. The van der Waals surface area contributed by atoms with Gasteiger partial charge < -0.3 is 0 Å². The first-order valence-electron chi connectivity index (χ1n) is 2.62. The lowest BCUT2D eigenvalue weighted by Gasteiger charge is -1.94. The molecular weight excluding hydrogens is 139 g/mol. The summed E-state index contributed by atoms with van der Waals surface area (Å²) in [6, 6.07) is 4.94. The van der Waals surface area contributed by atoms with Crippen LogP contribution in [0, 0.1) is 12.7 Å². The average molecular weight is 145 g/mol. The highest BCUT2D eigenvalue weighted by Crippen LogP contribution is 2.16. The molecule has 0 heterocycles. The van der Waals surface area contributed by atoms with Gasteiger partial charge in [-0.05, 0) is 18.6 Å². The molecule has 0 N–H and O–H groups in total. The molecule has 0 fully saturated rings. The predicted molar refractivity (Wildman–Crippen MR) is 36.1 cm³/mol. The third-order valence-corrected chi connectivity index (χ3v) is 1.44. The van der Waals surface area contributed by atoms with Crippen LogP contribution in [-0.4, -0.2) is 0 Å². The molecule has 0 spiro atoms. The van der Waals surface area contributed by atoms with Crippen LogP contribution in [0.4, 0.5) is 4.39 Å². The molecule has 0 aliphatic heterocycles. The van der Waals surface area contributed by atoms with Gasteiger partial charge in [0, 0.05) is 0 Å². The highest BCUT2D eigenvalue weighted by Gasteiger charge is 1.98. The third-order valence-electron chi connectivity index (χ3n) is 1.14. The highest BCUT2D eigenvalue weighted by atomic mass is 35.5. The Morgan fingerprint density at radius 3 is 2.56 bits per heavy atom. The number of halogens is 2. The summed E-state index contributed by atoms with van der Waals surface area (Å²) in [7, 11) is 0. The monoisotopic (exact) mass is 144 g/mol. The van der Waals surface area contributed by atoms with Gasteiger partial charge in [0.1, 0.15) is 5.82 Å². The van der Waals surface area contributed by atoms with Gasteiger partial charge >= 0.3 is 0 Å². The zero-order valence-corrected chi connectivity index (χ0v) is 5.74. The fourth-order valence-corrected chi connectivity index (χ4v) is 0.833. The molecule has 0 saturated carbocycles. The van der Waals surface area contributed by atoms with Gasteiger partial charge in [-0.15, -0.1) is 0 Å². The Balaban J connectivity index is 3.25. The summed E-state index contributed by atoms with van der Waals surface area (Å²) < 4.78 is 12.6. The van der Waals surface area contributed by atoms with Gasteiger partial charge in [0.2, 0.25) is 0 Å². The van der Waals surface area contributed by atoms with Crippen LogP contribution in [0.3, 0.4) is 0 Å². The lowest BCUT2D eigenvalue weighted by atomic mass is 10.2. The van der Waals surface area contributed by atoms with Gasteiger partial charge in [-0.2, -0.15) is 0 Å².